The molecule has 0 aromatic heterocycles. The zero-order valence-corrected chi connectivity index (χ0v) is 18.1. The van der Waals surface area contributed by atoms with Gasteiger partial charge in [0.05, 0.1) is 22.9 Å². The summed E-state index contributed by atoms with van der Waals surface area (Å²) >= 11 is 0. The predicted octanol–water partition coefficient (Wildman–Crippen LogP) is 2.40. The fraction of sp³-hybridized carbons (Fsp3) is 0.350. The molecule has 1 heterocycles. The van der Waals surface area contributed by atoms with Crippen LogP contribution in [0.15, 0.2) is 42.5 Å². The monoisotopic (exact) mass is 449 g/mol. The van der Waals surface area contributed by atoms with Crippen molar-refractivity contribution in [1.82, 2.24) is 5.32 Å². The highest BCUT2D eigenvalue weighted by atomic mass is 32.2. The number of rotatable bonds is 7. The summed E-state index contributed by atoms with van der Waals surface area (Å²) in [5.74, 6) is 0.641. The van der Waals surface area contributed by atoms with E-state index < -0.39 is 32.9 Å². The Morgan fingerprint density at radius 2 is 1.81 bits per heavy atom. The van der Waals surface area contributed by atoms with Crippen LogP contribution in [0.25, 0.3) is 0 Å². The van der Waals surface area contributed by atoms with Crippen molar-refractivity contribution in [2.45, 2.75) is 25.9 Å². The summed E-state index contributed by atoms with van der Waals surface area (Å²) in [6, 6.07) is 8.86. The minimum absolute atomic E-state index is 0.0336. The molecule has 1 N–H and O–H groups in total. The molecule has 1 aliphatic heterocycles. The Bertz CT molecular complexity index is 1100. The molecule has 2 unspecified atom stereocenters. The Morgan fingerprint density at radius 3 is 2.45 bits per heavy atom. The maximum atomic E-state index is 12.9. The van der Waals surface area contributed by atoms with Gasteiger partial charge in [-0.15, -0.1) is 0 Å². The van der Waals surface area contributed by atoms with Crippen molar-refractivity contribution in [3.63, 3.8) is 0 Å². The quantitative estimate of drug-likeness (QED) is 0.508. The molecule has 0 saturated heterocycles. The number of fused-ring (bicyclic) bond motifs is 1. The smallest absolute Gasteiger partial charge is 0.271 e. The van der Waals surface area contributed by atoms with Gasteiger partial charge >= 0.3 is 0 Å². The number of carbonyl (C=O) groups is 1. The van der Waals surface area contributed by atoms with Crippen LogP contribution in [-0.2, 0) is 14.8 Å². The van der Waals surface area contributed by atoms with Crippen LogP contribution in [0.4, 0.5) is 11.4 Å². The highest BCUT2D eigenvalue weighted by molar-refractivity contribution is 7.92. The lowest BCUT2D eigenvalue weighted by molar-refractivity contribution is -0.384. The third-order valence-corrected chi connectivity index (χ3v) is 6.05. The van der Waals surface area contributed by atoms with Crippen molar-refractivity contribution in [1.29, 1.82) is 0 Å². The summed E-state index contributed by atoms with van der Waals surface area (Å²) < 4.78 is 36.8. The molecule has 10 nitrogen and oxygen atoms in total. The number of ether oxygens (including phenoxy) is 2. The van der Waals surface area contributed by atoms with Gasteiger partial charge in [-0.3, -0.25) is 19.2 Å². The van der Waals surface area contributed by atoms with Crippen LogP contribution in [0.2, 0.25) is 0 Å². The van der Waals surface area contributed by atoms with Gasteiger partial charge < -0.3 is 14.8 Å². The summed E-state index contributed by atoms with van der Waals surface area (Å²) in [5.41, 5.74) is 0.515. The van der Waals surface area contributed by atoms with Gasteiger partial charge in [0, 0.05) is 12.1 Å². The molecule has 1 amide bonds. The second kappa shape index (κ2) is 8.80. The molecule has 0 fully saturated rings. The minimum Gasteiger partial charge on any atom is -0.486 e. The number of nitro benzene ring substituents is 1. The molecule has 1 aliphatic rings. The lowest BCUT2D eigenvalue weighted by atomic mass is 10.1. The Kier molecular flexibility index (Phi) is 6.34. The van der Waals surface area contributed by atoms with Gasteiger partial charge in [-0.2, -0.15) is 0 Å². The number of amides is 1. The molecule has 2 atom stereocenters. The first kappa shape index (κ1) is 22.3. The van der Waals surface area contributed by atoms with Crippen LogP contribution in [-0.4, -0.2) is 44.8 Å². The third-order valence-electron chi connectivity index (χ3n) is 4.81. The van der Waals surface area contributed by atoms with Crippen LogP contribution in [0, 0.1) is 10.1 Å². The van der Waals surface area contributed by atoms with Gasteiger partial charge in [-0.1, -0.05) is 12.1 Å². The average Bonchev–Trinajstić information content (AvgIpc) is 2.72. The Morgan fingerprint density at radius 1 is 1.13 bits per heavy atom. The van der Waals surface area contributed by atoms with Gasteiger partial charge in [-0.25, -0.2) is 8.42 Å². The lowest BCUT2D eigenvalue weighted by Gasteiger charge is -2.29. The maximum Gasteiger partial charge on any atom is 0.271 e. The highest BCUT2D eigenvalue weighted by Gasteiger charge is 2.31. The number of non-ortho nitro benzene ring substituents is 1. The predicted molar refractivity (Wildman–Crippen MR) is 114 cm³/mol. The van der Waals surface area contributed by atoms with Crippen LogP contribution >= 0.6 is 0 Å². The van der Waals surface area contributed by atoms with E-state index in [-0.39, 0.29) is 11.4 Å². The van der Waals surface area contributed by atoms with E-state index in [4.69, 9.17) is 9.47 Å². The minimum atomic E-state index is -3.90. The van der Waals surface area contributed by atoms with Crippen molar-refractivity contribution in [2.75, 3.05) is 23.8 Å². The first-order valence-electron chi connectivity index (χ1n) is 9.51. The number of benzene rings is 2. The molecule has 3 rings (SSSR count). The van der Waals surface area contributed by atoms with E-state index in [0.717, 1.165) is 22.2 Å². The van der Waals surface area contributed by atoms with Crippen molar-refractivity contribution >= 4 is 27.3 Å². The molecule has 11 heteroatoms. The van der Waals surface area contributed by atoms with E-state index in [2.05, 4.69) is 5.32 Å². The molecule has 0 spiro atoms. The summed E-state index contributed by atoms with van der Waals surface area (Å²) in [6.07, 6.45) is 0.944. The van der Waals surface area contributed by atoms with E-state index in [1.165, 1.54) is 25.1 Å². The number of nitrogens with zero attached hydrogens (tertiary/aromatic N) is 2. The van der Waals surface area contributed by atoms with Crippen molar-refractivity contribution in [2.24, 2.45) is 0 Å². The zero-order valence-electron chi connectivity index (χ0n) is 17.3. The van der Waals surface area contributed by atoms with Gasteiger partial charge in [0.25, 0.3) is 5.69 Å². The zero-order chi connectivity index (χ0) is 22.8. The molecule has 0 radical (unpaired) electrons. The fourth-order valence-corrected chi connectivity index (χ4v) is 4.47. The van der Waals surface area contributed by atoms with E-state index in [0.29, 0.717) is 24.7 Å². The lowest BCUT2D eigenvalue weighted by Crippen LogP contribution is -2.48. The molecule has 0 aliphatic carbocycles. The molecule has 2 aromatic carbocycles. The average molecular weight is 449 g/mol. The van der Waals surface area contributed by atoms with Gasteiger partial charge in [0.2, 0.25) is 15.9 Å². The topological polar surface area (TPSA) is 128 Å². The Balaban J connectivity index is 1.82. The molecular formula is C20H23N3O7S. The van der Waals surface area contributed by atoms with Crippen molar-refractivity contribution in [3.05, 3.63) is 58.1 Å². The normalized spacial score (nSPS) is 14.9. The number of hydrogen-bond donors (Lipinski definition) is 1. The fourth-order valence-electron chi connectivity index (χ4n) is 3.30. The number of sulfonamides is 1. The first-order valence-corrected chi connectivity index (χ1v) is 11.4. The SMILES string of the molecule is CC(NC(=O)C(C)N(c1cccc([N+](=O)[O-])c1)S(C)(=O)=O)c1ccc2c(c1)OCCO2. The van der Waals surface area contributed by atoms with Gasteiger partial charge in [-0.05, 0) is 37.6 Å². The van der Waals surface area contributed by atoms with Crippen LogP contribution in [0.3, 0.4) is 0 Å². The summed E-state index contributed by atoms with van der Waals surface area (Å²) in [5, 5.41) is 13.9. The van der Waals surface area contributed by atoms with Gasteiger partial charge in [0.15, 0.2) is 11.5 Å². The van der Waals surface area contributed by atoms with Gasteiger partial charge in [0.1, 0.15) is 19.3 Å². The van der Waals surface area contributed by atoms with Crippen LogP contribution in [0.1, 0.15) is 25.5 Å². The number of carbonyl (C=O) groups excluding carboxylic acids is 1. The molecular weight excluding hydrogens is 426 g/mol. The summed E-state index contributed by atoms with van der Waals surface area (Å²) in [4.78, 5) is 23.3. The first-order chi connectivity index (χ1) is 14.6. The second-order valence-corrected chi connectivity index (χ2v) is 9.00. The van der Waals surface area contributed by atoms with Crippen LogP contribution in [0.5, 0.6) is 11.5 Å². The number of hydrogen-bond acceptors (Lipinski definition) is 7. The molecule has 31 heavy (non-hydrogen) atoms. The number of nitro groups is 1. The molecule has 166 valence electrons. The standard InChI is InChI=1S/C20H23N3O7S/c1-13(15-7-8-18-19(11-15)30-10-9-29-18)21-20(24)14(2)22(31(3,27)28)16-5-4-6-17(12-16)23(25)26/h4-8,11-14H,9-10H2,1-3H3,(H,21,24). The second-order valence-electron chi connectivity index (χ2n) is 7.15. The van der Waals surface area contributed by atoms with E-state index in [1.54, 1.807) is 25.1 Å². The Labute approximate surface area is 180 Å². The van der Waals surface area contributed by atoms with Crippen molar-refractivity contribution < 1.29 is 27.6 Å². The maximum absolute atomic E-state index is 12.9. The summed E-state index contributed by atoms with van der Waals surface area (Å²) in [6.45, 7) is 4.08. The largest absolute Gasteiger partial charge is 0.486 e. The molecule has 2 aromatic rings. The van der Waals surface area contributed by atoms with E-state index in [9.17, 15) is 23.3 Å². The van der Waals surface area contributed by atoms with Crippen LogP contribution < -0.4 is 19.1 Å². The van der Waals surface area contributed by atoms with Crippen molar-refractivity contribution in [3.8, 4) is 11.5 Å². The van der Waals surface area contributed by atoms with E-state index in [1.807, 2.05) is 0 Å². The third kappa shape index (κ3) is 5.05. The van der Waals surface area contributed by atoms with E-state index >= 15 is 0 Å². The molecule has 0 saturated carbocycles. The highest BCUT2D eigenvalue weighted by Crippen LogP contribution is 2.33. The Hall–Kier alpha value is -3.34. The molecule has 0 bridgehead atoms. The number of nitrogens with one attached hydrogen (secondary N) is 1. The summed E-state index contributed by atoms with van der Waals surface area (Å²) in [7, 11) is -3.90. The number of anilines is 1.